The van der Waals surface area contributed by atoms with E-state index in [2.05, 4.69) is 10.3 Å². The van der Waals surface area contributed by atoms with Crippen LogP contribution in [-0.2, 0) is 0 Å². The highest BCUT2D eigenvalue weighted by Crippen LogP contribution is 2.07. The molecule has 0 fully saturated rings. The Morgan fingerprint density at radius 2 is 2.11 bits per heavy atom. The minimum atomic E-state index is -0.223. The molecule has 6 heteroatoms. The Morgan fingerprint density at radius 3 is 2.74 bits per heavy atom. The normalized spacial score (nSPS) is 10.4. The van der Waals surface area contributed by atoms with Gasteiger partial charge in [-0.2, -0.15) is 0 Å². The van der Waals surface area contributed by atoms with Crippen molar-refractivity contribution >= 4 is 5.91 Å². The molecule has 2 aromatic rings. The van der Waals surface area contributed by atoms with Gasteiger partial charge in [0.2, 0.25) is 0 Å². The lowest BCUT2D eigenvalue weighted by Gasteiger charge is -2.17. The van der Waals surface area contributed by atoms with E-state index in [0.29, 0.717) is 13.1 Å². The fourth-order valence-corrected chi connectivity index (χ4v) is 1.75. The van der Waals surface area contributed by atoms with Gasteiger partial charge in [-0.3, -0.25) is 4.79 Å². The molecular formula is C13H16N4O2. The van der Waals surface area contributed by atoms with E-state index >= 15 is 0 Å². The predicted molar refractivity (Wildman–Crippen MR) is 70.0 cm³/mol. The summed E-state index contributed by atoms with van der Waals surface area (Å²) < 4.78 is 1.56. The summed E-state index contributed by atoms with van der Waals surface area (Å²) in [5, 5.41) is 16.7. The summed E-state index contributed by atoms with van der Waals surface area (Å²) >= 11 is 0. The maximum atomic E-state index is 12.1. The Bertz CT molecular complexity index is 539. The van der Waals surface area contributed by atoms with Crippen molar-refractivity contribution in [1.29, 1.82) is 0 Å². The van der Waals surface area contributed by atoms with Crippen LogP contribution in [0.5, 0.6) is 0 Å². The molecule has 1 aromatic carbocycles. The number of aliphatic hydroxyl groups excluding tert-OH is 1. The molecular weight excluding hydrogens is 244 g/mol. The van der Waals surface area contributed by atoms with Crippen LogP contribution in [-0.4, -0.2) is 50.6 Å². The molecule has 0 saturated carbocycles. The van der Waals surface area contributed by atoms with Gasteiger partial charge in [-0.15, -0.1) is 5.10 Å². The minimum Gasteiger partial charge on any atom is -0.395 e. The monoisotopic (exact) mass is 260 g/mol. The third-order valence-electron chi connectivity index (χ3n) is 2.77. The second-order valence-electron chi connectivity index (χ2n) is 3.99. The molecule has 2 rings (SSSR count). The molecule has 0 aliphatic heterocycles. The Hall–Kier alpha value is -2.21. The summed E-state index contributed by atoms with van der Waals surface area (Å²) in [6.07, 6.45) is 1.59. The Balaban J connectivity index is 2.19. The average Bonchev–Trinajstić information content (AvgIpc) is 2.95. The fraction of sp³-hybridized carbons (Fsp3) is 0.308. The first-order chi connectivity index (χ1) is 9.26. The highest BCUT2D eigenvalue weighted by Gasteiger charge is 2.17. The van der Waals surface area contributed by atoms with Crippen molar-refractivity contribution in [2.24, 2.45) is 0 Å². The lowest BCUT2D eigenvalue weighted by molar-refractivity contribution is 0.0726. The van der Waals surface area contributed by atoms with Gasteiger partial charge in [0, 0.05) is 13.1 Å². The Labute approximate surface area is 111 Å². The van der Waals surface area contributed by atoms with Crippen molar-refractivity contribution in [1.82, 2.24) is 19.9 Å². The maximum Gasteiger partial charge on any atom is 0.276 e. The van der Waals surface area contributed by atoms with E-state index < -0.39 is 0 Å². The zero-order chi connectivity index (χ0) is 13.7. The third kappa shape index (κ3) is 2.97. The Kier molecular flexibility index (Phi) is 4.25. The van der Waals surface area contributed by atoms with Crippen LogP contribution in [0.3, 0.4) is 0 Å². The highest BCUT2D eigenvalue weighted by molar-refractivity contribution is 5.92. The molecule has 100 valence electrons. The summed E-state index contributed by atoms with van der Waals surface area (Å²) in [5.74, 6) is -0.223. The molecule has 0 radical (unpaired) electrons. The Morgan fingerprint density at radius 1 is 1.37 bits per heavy atom. The van der Waals surface area contributed by atoms with Crippen LogP contribution >= 0.6 is 0 Å². The number of benzene rings is 1. The number of aliphatic hydroxyl groups is 1. The highest BCUT2D eigenvalue weighted by atomic mass is 16.3. The minimum absolute atomic E-state index is 0.0631. The quantitative estimate of drug-likeness (QED) is 0.860. The number of hydrogen-bond acceptors (Lipinski definition) is 4. The molecule has 0 atom stereocenters. The molecule has 0 bridgehead atoms. The summed E-state index contributed by atoms with van der Waals surface area (Å²) in [4.78, 5) is 13.6. The van der Waals surface area contributed by atoms with E-state index in [4.69, 9.17) is 5.11 Å². The van der Waals surface area contributed by atoms with Gasteiger partial charge in [0.1, 0.15) is 0 Å². The van der Waals surface area contributed by atoms with Crippen LogP contribution in [0.4, 0.5) is 0 Å². The molecule has 0 saturated heterocycles. The second-order valence-corrected chi connectivity index (χ2v) is 3.99. The molecule has 0 aliphatic rings. The van der Waals surface area contributed by atoms with Crippen LogP contribution in [0, 0.1) is 0 Å². The van der Waals surface area contributed by atoms with Gasteiger partial charge in [-0.25, -0.2) is 4.68 Å². The SMILES string of the molecule is CCN(CCO)C(=O)c1cn(-c2ccccc2)nn1. The first-order valence-electron chi connectivity index (χ1n) is 6.14. The maximum absolute atomic E-state index is 12.1. The number of hydrogen-bond donors (Lipinski definition) is 1. The van der Waals surface area contributed by atoms with Crippen LogP contribution in [0.25, 0.3) is 5.69 Å². The van der Waals surface area contributed by atoms with E-state index in [-0.39, 0.29) is 18.2 Å². The van der Waals surface area contributed by atoms with E-state index in [9.17, 15) is 4.79 Å². The van der Waals surface area contributed by atoms with Crippen LogP contribution in [0.15, 0.2) is 36.5 Å². The van der Waals surface area contributed by atoms with E-state index in [1.165, 1.54) is 4.90 Å². The number of para-hydroxylation sites is 1. The number of nitrogens with zero attached hydrogens (tertiary/aromatic N) is 4. The number of likely N-dealkylation sites (N-methyl/N-ethyl adjacent to an activating group) is 1. The lowest BCUT2D eigenvalue weighted by atomic mass is 10.3. The van der Waals surface area contributed by atoms with Gasteiger partial charge in [-0.05, 0) is 19.1 Å². The molecule has 1 N–H and O–H groups in total. The molecule has 19 heavy (non-hydrogen) atoms. The fourth-order valence-electron chi connectivity index (χ4n) is 1.75. The van der Waals surface area contributed by atoms with Crippen molar-refractivity contribution in [2.75, 3.05) is 19.7 Å². The number of amides is 1. The van der Waals surface area contributed by atoms with E-state index in [0.717, 1.165) is 5.69 Å². The molecule has 1 aromatic heterocycles. The van der Waals surface area contributed by atoms with Gasteiger partial charge < -0.3 is 10.0 Å². The number of rotatable bonds is 5. The van der Waals surface area contributed by atoms with Gasteiger partial charge in [0.05, 0.1) is 18.5 Å². The molecule has 0 aliphatic carbocycles. The first kappa shape index (κ1) is 13.2. The molecule has 0 unspecified atom stereocenters. The van der Waals surface area contributed by atoms with E-state index in [1.54, 1.807) is 10.9 Å². The van der Waals surface area contributed by atoms with Crippen molar-refractivity contribution in [2.45, 2.75) is 6.92 Å². The van der Waals surface area contributed by atoms with E-state index in [1.807, 2.05) is 37.3 Å². The standard InChI is InChI=1S/C13H16N4O2/c1-2-16(8-9-18)13(19)12-10-17(15-14-12)11-6-4-3-5-7-11/h3-7,10,18H,2,8-9H2,1H3. The molecule has 6 nitrogen and oxygen atoms in total. The largest absolute Gasteiger partial charge is 0.395 e. The van der Waals surface area contributed by atoms with Crippen molar-refractivity contribution in [3.05, 3.63) is 42.2 Å². The number of aromatic nitrogens is 3. The molecule has 0 spiro atoms. The smallest absolute Gasteiger partial charge is 0.276 e. The second kappa shape index (κ2) is 6.10. The molecule has 1 heterocycles. The van der Waals surface area contributed by atoms with Gasteiger partial charge >= 0.3 is 0 Å². The van der Waals surface area contributed by atoms with Crippen molar-refractivity contribution in [3.63, 3.8) is 0 Å². The van der Waals surface area contributed by atoms with Crippen LogP contribution in [0.2, 0.25) is 0 Å². The first-order valence-corrected chi connectivity index (χ1v) is 6.14. The van der Waals surface area contributed by atoms with Gasteiger partial charge in [0.15, 0.2) is 5.69 Å². The van der Waals surface area contributed by atoms with Crippen molar-refractivity contribution < 1.29 is 9.90 Å². The van der Waals surface area contributed by atoms with Crippen LogP contribution in [0.1, 0.15) is 17.4 Å². The number of carbonyl (C=O) groups excluding carboxylic acids is 1. The predicted octanol–water partition coefficient (Wildman–Crippen LogP) is 0.722. The summed E-state index contributed by atoms with van der Waals surface area (Å²) in [6.45, 7) is 2.62. The summed E-state index contributed by atoms with van der Waals surface area (Å²) in [5.41, 5.74) is 1.12. The van der Waals surface area contributed by atoms with Gasteiger partial charge in [-0.1, -0.05) is 23.4 Å². The van der Waals surface area contributed by atoms with Gasteiger partial charge in [0.25, 0.3) is 5.91 Å². The lowest BCUT2D eigenvalue weighted by Crippen LogP contribution is -2.33. The average molecular weight is 260 g/mol. The molecule has 1 amide bonds. The summed E-state index contributed by atoms with van der Waals surface area (Å²) in [7, 11) is 0. The van der Waals surface area contributed by atoms with Crippen molar-refractivity contribution in [3.8, 4) is 5.69 Å². The topological polar surface area (TPSA) is 71.2 Å². The summed E-state index contributed by atoms with van der Waals surface area (Å²) in [6, 6.07) is 9.46. The zero-order valence-electron chi connectivity index (χ0n) is 10.7. The zero-order valence-corrected chi connectivity index (χ0v) is 10.7. The third-order valence-corrected chi connectivity index (χ3v) is 2.77. The van der Waals surface area contributed by atoms with Crippen LogP contribution < -0.4 is 0 Å². The number of carbonyl (C=O) groups is 1.